The number of hydrogen-bond donors (Lipinski definition) is 1. The van der Waals surface area contributed by atoms with Crippen LogP contribution >= 0.6 is 0 Å². The summed E-state index contributed by atoms with van der Waals surface area (Å²) in [5.41, 5.74) is 3.20. The summed E-state index contributed by atoms with van der Waals surface area (Å²) in [6, 6.07) is 16.9. The van der Waals surface area contributed by atoms with Gasteiger partial charge in [-0.3, -0.25) is 14.5 Å². The molecule has 1 aliphatic rings. The fourth-order valence-electron chi connectivity index (χ4n) is 4.71. The van der Waals surface area contributed by atoms with E-state index in [9.17, 15) is 14.7 Å². The number of hydrogen-bond acceptors (Lipinski definition) is 6. The Kier molecular flexibility index (Phi) is 7.76. The zero-order chi connectivity index (χ0) is 27.6. The highest BCUT2D eigenvalue weighted by Crippen LogP contribution is 2.44. The minimum atomic E-state index is -0.867. The van der Waals surface area contributed by atoms with Gasteiger partial charge in [0, 0.05) is 5.69 Å². The van der Waals surface area contributed by atoms with Crippen LogP contribution in [0.15, 0.2) is 66.2 Å². The van der Waals surface area contributed by atoms with E-state index >= 15 is 0 Å². The smallest absolute Gasteiger partial charge is 0.300 e. The van der Waals surface area contributed by atoms with Crippen LogP contribution in [0, 0.1) is 19.8 Å². The van der Waals surface area contributed by atoms with Gasteiger partial charge in [0.2, 0.25) is 0 Å². The first-order chi connectivity index (χ1) is 18.2. The van der Waals surface area contributed by atoms with Crippen LogP contribution in [0.4, 0.5) is 5.69 Å². The van der Waals surface area contributed by atoms with Crippen LogP contribution < -0.4 is 19.1 Å². The maximum atomic E-state index is 13.5. The second-order valence-electron chi connectivity index (χ2n) is 9.80. The van der Waals surface area contributed by atoms with Gasteiger partial charge < -0.3 is 19.3 Å². The van der Waals surface area contributed by atoms with E-state index in [0.717, 1.165) is 11.1 Å². The molecule has 1 unspecified atom stereocenters. The highest BCUT2D eigenvalue weighted by atomic mass is 16.5. The van der Waals surface area contributed by atoms with Gasteiger partial charge >= 0.3 is 0 Å². The number of ether oxygens (including phenoxy) is 3. The summed E-state index contributed by atoms with van der Waals surface area (Å²) < 4.78 is 16.7. The van der Waals surface area contributed by atoms with Crippen molar-refractivity contribution in [3.8, 4) is 17.2 Å². The molecule has 3 aromatic carbocycles. The molecule has 1 aliphatic heterocycles. The molecule has 1 N–H and O–H groups in total. The Labute approximate surface area is 223 Å². The van der Waals surface area contributed by atoms with Crippen LogP contribution in [0.5, 0.6) is 17.2 Å². The van der Waals surface area contributed by atoms with Gasteiger partial charge in [-0.05, 0) is 78.9 Å². The number of benzene rings is 3. The van der Waals surface area contributed by atoms with Crippen molar-refractivity contribution in [3.63, 3.8) is 0 Å². The quantitative estimate of drug-likeness (QED) is 0.226. The van der Waals surface area contributed by atoms with E-state index < -0.39 is 17.7 Å². The molecule has 4 rings (SSSR count). The lowest BCUT2D eigenvalue weighted by Gasteiger charge is -2.26. The molecule has 0 spiro atoms. The summed E-state index contributed by atoms with van der Waals surface area (Å²) in [4.78, 5) is 28.4. The van der Waals surface area contributed by atoms with Gasteiger partial charge in [0.1, 0.15) is 23.0 Å². The Bertz CT molecular complexity index is 1370. The number of rotatable bonds is 8. The van der Waals surface area contributed by atoms with Crippen molar-refractivity contribution in [3.05, 3.63) is 88.5 Å². The molecule has 0 aromatic heterocycles. The molecule has 1 saturated heterocycles. The van der Waals surface area contributed by atoms with E-state index in [1.165, 1.54) is 12.0 Å². The lowest BCUT2D eigenvalue weighted by molar-refractivity contribution is -0.132. The van der Waals surface area contributed by atoms with Crippen LogP contribution in [-0.2, 0) is 9.59 Å². The summed E-state index contributed by atoms with van der Waals surface area (Å²) in [6.07, 6.45) is 0. The highest BCUT2D eigenvalue weighted by molar-refractivity contribution is 6.51. The summed E-state index contributed by atoms with van der Waals surface area (Å²) in [5, 5.41) is 11.6. The van der Waals surface area contributed by atoms with E-state index in [2.05, 4.69) is 13.8 Å². The number of carbonyl (C=O) groups is 2. The van der Waals surface area contributed by atoms with Crippen molar-refractivity contribution < 1.29 is 28.9 Å². The van der Waals surface area contributed by atoms with Gasteiger partial charge in [0.15, 0.2) is 0 Å². The standard InChI is InChI=1S/C31H33NO6/c1-18(2)17-38-24-13-9-22(10-14-24)32-27(21-7-11-23(36-5)12-8-21)26(29(34)31(32)35)28(33)25-16-19(3)15-20(4)30(25)37-6/h7-16,18,27,33H,17H2,1-6H3/b28-26+. The van der Waals surface area contributed by atoms with Gasteiger partial charge in [-0.1, -0.05) is 32.0 Å². The van der Waals surface area contributed by atoms with Crippen LogP contribution in [-0.4, -0.2) is 37.6 Å². The molecular weight excluding hydrogens is 482 g/mol. The number of aliphatic hydroxyl groups excluding tert-OH is 1. The Morgan fingerprint density at radius 2 is 1.55 bits per heavy atom. The van der Waals surface area contributed by atoms with Gasteiger partial charge in [0.25, 0.3) is 11.7 Å². The van der Waals surface area contributed by atoms with Gasteiger partial charge in [-0.2, -0.15) is 0 Å². The van der Waals surface area contributed by atoms with E-state index in [1.807, 2.05) is 19.9 Å². The Balaban J connectivity index is 1.89. The van der Waals surface area contributed by atoms with E-state index in [4.69, 9.17) is 14.2 Å². The maximum absolute atomic E-state index is 13.5. The third-order valence-electron chi connectivity index (χ3n) is 6.45. The molecule has 0 aliphatic carbocycles. The van der Waals surface area contributed by atoms with Crippen LogP contribution in [0.25, 0.3) is 5.76 Å². The van der Waals surface area contributed by atoms with Crippen LogP contribution in [0.3, 0.4) is 0 Å². The average Bonchev–Trinajstić information content (AvgIpc) is 3.17. The van der Waals surface area contributed by atoms with Crippen molar-refractivity contribution in [2.75, 3.05) is 25.7 Å². The number of amides is 1. The van der Waals surface area contributed by atoms with E-state index in [0.29, 0.717) is 46.6 Å². The number of aryl methyl sites for hydroxylation is 2. The number of Topliss-reactive ketones (excluding diaryl/α,β-unsaturated/α-hetero) is 1. The average molecular weight is 516 g/mol. The maximum Gasteiger partial charge on any atom is 0.300 e. The van der Waals surface area contributed by atoms with Gasteiger partial charge in [0.05, 0.1) is 38.0 Å². The summed E-state index contributed by atoms with van der Waals surface area (Å²) in [5.74, 6) is 0.320. The zero-order valence-corrected chi connectivity index (χ0v) is 22.6. The van der Waals surface area contributed by atoms with Crippen molar-refractivity contribution in [2.24, 2.45) is 5.92 Å². The second kappa shape index (κ2) is 11.0. The van der Waals surface area contributed by atoms with Gasteiger partial charge in [-0.15, -0.1) is 0 Å². The molecule has 3 aromatic rings. The van der Waals surface area contributed by atoms with Crippen LogP contribution in [0.2, 0.25) is 0 Å². The molecule has 1 heterocycles. The number of aliphatic hydroxyl groups is 1. The van der Waals surface area contributed by atoms with E-state index in [-0.39, 0.29) is 11.3 Å². The molecule has 198 valence electrons. The third kappa shape index (κ3) is 5.09. The molecule has 0 saturated carbocycles. The summed E-state index contributed by atoms with van der Waals surface area (Å²) >= 11 is 0. The number of ketones is 1. The summed E-state index contributed by atoms with van der Waals surface area (Å²) in [6.45, 7) is 8.45. The highest BCUT2D eigenvalue weighted by Gasteiger charge is 2.47. The first-order valence-corrected chi connectivity index (χ1v) is 12.5. The number of nitrogens with zero attached hydrogens (tertiary/aromatic N) is 1. The molecule has 0 radical (unpaired) electrons. The van der Waals surface area contributed by atoms with Gasteiger partial charge in [-0.25, -0.2) is 0 Å². The minimum absolute atomic E-state index is 0.0106. The van der Waals surface area contributed by atoms with Crippen LogP contribution in [0.1, 0.15) is 42.1 Å². The van der Waals surface area contributed by atoms with Crippen molar-refractivity contribution in [1.82, 2.24) is 0 Å². The molecule has 1 amide bonds. The lowest BCUT2D eigenvalue weighted by Crippen LogP contribution is -2.29. The predicted molar refractivity (Wildman–Crippen MR) is 147 cm³/mol. The SMILES string of the molecule is COc1ccc(C2/C(=C(\O)c3cc(C)cc(C)c3OC)C(=O)C(=O)N2c2ccc(OCC(C)C)cc2)cc1. The number of carbonyl (C=O) groups excluding carboxylic acids is 2. The number of anilines is 1. The van der Waals surface area contributed by atoms with E-state index in [1.54, 1.807) is 61.7 Å². The monoisotopic (exact) mass is 515 g/mol. The largest absolute Gasteiger partial charge is 0.507 e. The summed E-state index contributed by atoms with van der Waals surface area (Å²) in [7, 11) is 3.08. The fourth-order valence-corrected chi connectivity index (χ4v) is 4.71. The Morgan fingerprint density at radius 1 is 0.921 bits per heavy atom. The predicted octanol–water partition coefficient (Wildman–Crippen LogP) is 5.98. The Morgan fingerprint density at radius 3 is 2.13 bits per heavy atom. The number of methoxy groups -OCH3 is 2. The van der Waals surface area contributed by atoms with Crippen molar-refractivity contribution in [2.45, 2.75) is 33.7 Å². The topological polar surface area (TPSA) is 85.3 Å². The fraction of sp³-hybridized carbons (Fsp3) is 0.290. The normalized spacial score (nSPS) is 16.7. The molecule has 38 heavy (non-hydrogen) atoms. The molecule has 7 nitrogen and oxygen atoms in total. The third-order valence-corrected chi connectivity index (χ3v) is 6.45. The molecule has 0 bridgehead atoms. The first kappa shape index (κ1) is 26.8. The van der Waals surface area contributed by atoms with Crippen molar-refractivity contribution in [1.29, 1.82) is 0 Å². The zero-order valence-electron chi connectivity index (χ0n) is 22.6. The molecule has 7 heteroatoms. The lowest BCUT2D eigenvalue weighted by atomic mass is 9.93. The second-order valence-corrected chi connectivity index (χ2v) is 9.80. The first-order valence-electron chi connectivity index (χ1n) is 12.5. The molecule has 1 fully saturated rings. The minimum Gasteiger partial charge on any atom is -0.507 e. The Hall–Kier alpha value is -4.26. The molecule has 1 atom stereocenters. The molecular formula is C31H33NO6. The van der Waals surface area contributed by atoms with Crippen molar-refractivity contribution >= 4 is 23.1 Å².